The molecule has 21 heavy (non-hydrogen) atoms. The van der Waals surface area contributed by atoms with Crippen molar-refractivity contribution in [1.29, 1.82) is 0 Å². The molecular formula is C17H20N2O2. The summed E-state index contributed by atoms with van der Waals surface area (Å²) < 4.78 is 7.45. The molecule has 0 atom stereocenters. The lowest BCUT2D eigenvalue weighted by molar-refractivity contribution is 0.138. The summed E-state index contributed by atoms with van der Waals surface area (Å²) in [5, 5.41) is 3.34. The lowest BCUT2D eigenvalue weighted by Gasteiger charge is -2.16. The maximum absolute atomic E-state index is 11.4. The number of fused-ring (bicyclic) bond motifs is 1. The van der Waals surface area contributed by atoms with Gasteiger partial charge in [-0.3, -0.25) is 4.79 Å². The van der Waals surface area contributed by atoms with Gasteiger partial charge in [-0.15, -0.1) is 0 Å². The average molecular weight is 284 g/mol. The van der Waals surface area contributed by atoms with Crippen LogP contribution in [-0.2, 0) is 20.0 Å². The molecule has 0 bridgehead atoms. The van der Waals surface area contributed by atoms with Gasteiger partial charge in [0.2, 0.25) is 5.56 Å². The summed E-state index contributed by atoms with van der Waals surface area (Å²) in [5.74, 6) is 0.992. The smallest absolute Gasteiger partial charge is 0.250 e. The molecule has 110 valence electrons. The second kappa shape index (κ2) is 4.95. The quantitative estimate of drug-likeness (QED) is 0.942. The molecule has 1 aromatic carbocycles. The van der Waals surface area contributed by atoms with Gasteiger partial charge < -0.3 is 14.6 Å². The Morgan fingerprint density at radius 2 is 2.10 bits per heavy atom. The average Bonchev–Trinajstić information content (AvgIpc) is 2.73. The third-order valence-electron chi connectivity index (χ3n) is 3.71. The van der Waals surface area contributed by atoms with Crippen molar-refractivity contribution in [3.05, 3.63) is 58.0 Å². The molecule has 4 heteroatoms. The first-order chi connectivity index (χ1) is 9.93. The summed E-state index contributed by atoms with van der Waals surface area (Å²) in [6.07, 6.45) is 2.75. The molecule has 0 amide bonds. The van der Waals surface area contributed by atoms with Gasteiger partial charge in [-0.2, -0.15) is 0 Å². The topological polar surface area (TPSA) is 43.3 Å². The van der Waals surface area contributed by atoms with E-state index in [-0.39, 0.29) is 11.2 Å². The fraction of sp³-hybridized carbons (Fsp3) is 0.353. The van der Waals surface area contributed by atoms with Crippen LogP contribution in [0.2, 0.25) is 0 Å². The monoisotopic (exact) mass is 284 g/mol. The number of benzene rings is 1. The van der Waals surface area contributed by atoms with E-state index in [0.717, 1.165) is 24.4 Å². The fourth-order valence-corrected chi connectivity index (χ4v) is 2.68. The fourth-order valence-electron chi connectivity index (χ4n) is 2.68. The van der Waals surface area contributed by atoms with Crippen molar-refractivity contribution in [1.82, 2.24) is 4.57 Å². The summed E-state index contributed by atoms with van der Waals surface area (Å²) in [7, 11) is 1.75. The van der Waals surface area contributed by atoms with E-state index >= 15 is 0 Å². The SMILES string of the molecule is Cn1cc(NCc2ccc3c(c2)CC(C)(C)O3)ccc1=O. The minimum atomic E-state index is -0.105. The summed E-state index contributed by atoms with van der Waals surface area (Å²) in [4.78, 5) is 11.4. The van der Waals surface area contributed by atoms with E-state index < -0.39 is 0 Å². The van der Waals surface area contributed by atoms with Crippen molar-refractivity contribution < 1.29 is 4.74 Å². The highest BCUT2D eigenvalue weighted by atomic mass is 16.5. The Morgan fingerprint density at radius 1 is 1.29 bits per heavy atom. The van der Waals surface area contributed by atoms with Crippen LogP contribution >= 0.6 is 0 Å². The number of aromatic nitrogens is 1. The van der Waals surface area contributed by atoms with Gasteiger partial charge in [0.25, 0.3) is 0 Å². The number of pyridine rings is 1. The van der Waals surface area contributed by atoms with E-state index in [1.165, 1.54) is 11.1 Å². The summed E-state index contributed by atoms with van der Waals surface area (Å²) >= 11 is 0. The molecule has 0 saturated heterocycles. The lowest BCUT2D eigenvalue weighted by atomic mass is 10.0. The highest BCUT2D eigenvalue weighted by molar-refractivity contribution is 5.45. The highest BCUT2D eigenvalue weighted by Crippen LogP contribution is 2.35. The van der Waals surface area contributed by atoms with Gasteiger partial charge in [0.05, 0.1) is 5.69 Å². The first-order valence-corrected chi connectivity index (χ1v) is 7.14. The number of anilines is 1. The molecule has 1 aliphatic heterocycles. The van der Waals surface area contributed by atoms with E-state index in [0.29, 0.717) is 0 Å². The van der Waals surface area contributed by atoms with Crippen LogP contribution in [0.4, 0.5) is 5.69 Å². The number of aryl methyl sites for hydroxylation is 1. The number of nitrogens with zero attached hydrogens (tertiary/aromatic N) is 1. The van der Waals surface area contributed by atoms with Crippen LogP contribution < -0.4 is 15.6 Å². The van der Waals surface area contributed by atoms with E-state index in [4.69, 9.17) is 4.74 Å². The number of hydrogen-bond donors (Lipinski definition) is 1. The summed E-state index contributed by atoms with van der Waals surface area (Å²) in [6, 6.07) is 9.69. The second-order valence-corrected chi connectivity index (χ2v) is 6.20. The maximum Gasteiger partial charge on any atom is 0.250 e. The molecule has 0 aliphatic carbocycles. The van der Waals surface area contributed by atoms with E-state index in [9.17, 15) is 4.79 Å². The third-order valence-corrected chi connectivity index (χ3v) is 3.71. The molecule has 0 fully saturated rings. The molecule has 2 heterocycles. The van der Waals surface area contributed by atoms with Crippen LogP contribution in [0.5, 0.6) is 5.75 Å². The van der Waals surface area contributed by atoms with Gasteiger partial charge >= 0.3 is 0 Å². The Balaban J connectivity index is 1.72. The van der Waals surface area contributed by atoms with Crippen LogP contribution in [0, 0.1) is 0 Å². The normalized spacial score (nSPS) is 15.4. The first-order valence-electron chi connectivity index (χ1n) is 7.14. The van der Waals surface area contributed by atoms with Gasteiger partial charge in [-0.05, 0) is 37.1 Å². The standard InChI is InChI=1S/C17H20N2O2/c1-17(2)9-13-8-12(4-6-15(13)21-17)10-18-14-5-7-16(20)19(3)11-14/h4-8,11,18H,9-10H2,1-3H3. The minimum absolute atomic E-state index is 0.00235. The molecule has 0 radical (unpaired) electrons. The van der Waals surface area contributed by atoms with Gasteiger partial charge in [-0.25, -0.2) is 0 Å². The molecule has 1 aromatic heterocycles. The van der Waals surface area contributed by atoms with E-state index in [1.807, 2.05) is 18.3 Å². The predicted molar refractivity (Wildman–Crippen MR) is 83.9 cm³/mol. The van der Waals surface area contributed by atoms with Crippen molar-refractivity contribution in [2.75, 3.05) is 5.32 Å². The molecule has 0 saturated carbocycles. The zero-order valence-corrected chi connectivity index (χ0v) is 12.6. The second-order valence-electron chi connectivity index (χ2n) is 6.20. The number of hydrogen-bond acceptors (Lipinski definition) is 3. The van der Waals surface area contributed by atoms with Crippen molar-refractivity contribution in [2.24, 2.45) is 7.05 Å². The van der Waals surface area contributed by atoms with Crippen molar-refractivity contribution in [3.8, 4) is 5.75 Å². The van der Waals surface area contributed by atoms with Gasteiger partial charge in [0.15, 0.2) is 0 Å². The van der Waals surface area contributed by atoms with E-state index in [1.54, 1.807) is 17.7 Å². The molecular weight excluding hydrogens is 264 g/mol. The Kier molecular flexibility index (Phi) is 3.24. The van der Waals surface area contributed by atoms with Crippen molar-refractivity contribution >= 4 is 5.69 Å². The molecule has 0 spiro atoms. The summed E-state index contributed by atoms with van der Waals surface area (Å²) in [5.41, 5.74) is 3.31. The number of ether oxygens (including phenoxy) is 1. The Hall–Kier alpha value is -2.23. The molecule has 0 unspecified atom stereocenters. The lowest BCUT2D eigenvalue weighted by Crippen LogP contribution is -2.24. The van der Waals surface area contributed by atoms with Gasteiger partial charge in [0, 0.05) is 32.3 Å². The van der Waals surface area contributed by atoms with Crippen LogP contribution in [0.15, 0.2) is 41.3 Å². The highest BCUT2D eigenvalue weighted by Gasteiger charge is 2.29. The van der Waals surface area contributed by atoms with Crippen molar-refractivity contribution in [3.63, 3.8) is 0 Å². The number of nitrogens with one attached hydrogen (secondary N) is 1. The van der Waals surface area contributed by atoms with Crippen LogP contribution in [0.25, 0.3) is 0 Å². The Labute approximate surface area is 124 Å². The van der Waals surface area contributed by atoms with Crippen molar-refractivity contribution in [2.45, 2.75) is 32.4 Å². The maximum atomic E-state index is 11.4. The Morgan fingerprint density at radius 3 is 2.86 bits per heavy atom. The van der Waals surface area contributed by atoms with Crippen LogP contribution in [0.1, 0.15) is 25.0 Å². The van der Waals surface area contributed by atoms with Crippen LogP contribution in [-0.4, -0.2) is 10.2 Å². The molecule has 4 nitrogen and oxygen atoms in total. The minimum Gasteiger partial charge on any atom is -0.487 e. The largest absolute Gasteiger partial charge is 0.487 e. The molecule has 2 aromatic rings. The summed E-state index contributed by atoms with van der Waals surface area (Å²) in [6.45, 7) is 4.94. The third kappa shape index (κ3) is 2.94. The van der Waals surface area contributed by atoms with Crippen LogP contribution in [0.3, 0.4) is 0 Å². The van der Waals surface area contributed by atoms with E-state index in [2.05, 4.69) is 31.3 Å². The van der Waals surface area contributed by atoms with Gasteiger partial charge in [0.1, 0.15) is 11.4 Å². The zero-order valence-electron chi connectivity index (χ0n) is 12.6. The zero-order chi connectivity index (χ0) is 15.0. The molecule has 3 rings (SSSR count). The molecule has 1 N–H and O–H groups in total. The van der Waals surface area contributed by atoms with Gasteiger partial charge in [-0.1, -0.05) is 12.1 Å². The predicted octanol–water partition coefficient (Wildman–Crippen LogP) is 2.71. The molecule has 1 aliphatic rings. The Bertz CT molecular complexity index is 732. The number of rotatable bonds is 3. The first kappa shape index (κ1) is 13.7.